The fraction of sp³-hybridized carbons (Fsp3) is 0.429. The molecule has 2 fully saturated rings. The maximum atomic E-state index is 12.8. The Labute approximate surface area is 166 Å². The summed E-state index contributed by atoms with van der Waals surface area (Å²) in [5, 5.41) is 1.06. The topological polar surface area (TPSA) is 70.6 Å². The Hall–Kier alpha value is -2.54. The van der Waals surface area contributed by atoms with E-state index in [-0.39, 0.29) is 35.6 Å². The number of allylic oxidation sites excluding steroid dienone is 2. The minimum Gasteiger partial charge on any atom is -0.334 e. The first-order chi connectivity index (χ1) is 13.6. The van der Waals surface area contributed by atoms with Crippen molar-refractivity contribution < 1.29 is 14.4 Å². The van der Waals surface area contributed by atoms with Crippen molar-refractivity contribution in [3.63, 3.8) is 0 Å². The predicted molar refractivity (Wildman–Crippen MR) is 106 cm³/mol. The molecule has 2 aliphatic heterocycles. The standard InChI is InChI=1S/C21H21N3O3S/c1-2-18-22-16-8-7-12(9-17(16)28-18)19(25)23-10-13(11-23)24-20(26)14-5-3-4-6-15(14)21(24)27/h3-4,7-9,13-15H,2,5-6,10-11H2,1H3. The van der Waals surface area contributed by atoms with E-state index in [2.05, 4.69) is 11.9 Å². The third-order valence-electron chi connectivity index (χ3n) is 6.04. The third-order valence-corrected chi connectivity index (χ3v) is 7.20. The molecular weight excluding hydrogens is 374 g/mol. The van der Waals surface area contributed by atoms with Crippen molar-refractivity contribution >= 4 is 39.3 Å². The quantitative estimate of drug-likeness (QED) is 0.592. The maximum absolute atomic E-state index is 12.8. The molecule has 1 aliphatic carbocycles. The van der Waals surface area contributed by atoms with Crippen molar-refractivity contribution in [3.05, 3.63) is 40.9 Å². The van der Waals surface area contributed by atoms with E-state index < -0.39 is 0 Å². The van der Waals surface area contributed by atoms with Gasteiger partial charge in [-0.3, -0.25) is 19.3 Å². The molecule has 1 aromatic heterocycles. The summed E-state index contributed by atoms with van der Waals surface area (Å²) in [4.78, 5) is 45.9. The smallest absolute Gasteiger partial charge is 0.254 e. The summed E-state index contributed by atoms with van der Waals surface area (Å²) in [5.74, 6) is -0.584. The van der Waals surface area contributed by atoms with Gasteiger partial charge in [0.25, 0.3) is 5.91 Å². The van der Waals surface area contributed by atoms with Crippen LogP contribution in [-0.4, -0.2) is 51.6 Å². The Morgan fingerprint density at radius 2 is 1.82 bits per heavy atom. The van der Waals surface area contributed by atoms with Crippen LogP contribution in [0.2, 0.25) is 0 Å². The van der Waals surface area contributed by atoms with E-state index in [9.17, 15) is 14.4 Å². The van der Waals surface area contributed by atoms with Crippen LogP contribution in [0.3, 0.4) is 0 Å². The van der Waals surface area contributed by atoms with Crippen LogP contribution >= 0.6 is 11.3 Å². The molecule has 2 unspecified atom stereocenters. The fourth-order valence-electron chi connectivity index (χ4n) is 4.41. The number of imide groups is 1. The van der Waals surface area contributed by atoms with Crippen LogP contribution in [0.15, 0.2) is 30.4 Å². The SMILES string of the molecule is CCc1nc2ccc(C(=O)N3CC(N4C(=O)C5CC=CCC5C4=O)C3)cc2s1. The second-order valence-electron chi connectivity index (χ2n) is 7.71. The number of carbonyl (C=O) groups excluding carboxylic acids is 3. The van der Waals surface area contributed by atoms with Gasteiger partial charge < -0.3 is 4.90 Å². The molecule has 7 heteroatoms. The highest BCUT2D eigenvalue weighted by molar-refractivity contribution is 7.18. The summed E-state index contributed by atoms with van der Waals surface area (Å²) in [5.41, 5.74) is 1.55. The molecular formula is C21H21N3O3S. The molecule has 3 amide bonds. The summed E-state index contributed by atoms with van der Waals surface area (Å²) in [6.45, 7) is 2.91. The van der Waals surface area contributed by atoms with E-state index in [0.717, 1.165) is 21.6 Å². The molecule has 2 aromatic rings. The number of nitrogens with zero attached hydrogens (tertiary/aromatic N) is 3. The molecule has 0 saturated carbocycles. The number of rotatable bonds is 3. The number of carbonyl (C=O) groups is 3. The highest BCUT2D eigenvalue weighted by atomic mass is 32.1. The van der Waals surface area contributed by atoms with Crippen molar-refractivity contribution in [2.75, 3.05) is 13.1 Å². The third kappa shape index (κ3) is 2.60. The van der Waals surface area contributed by atoms with E-state index in [4.69, 9.17) is 0 Å². The van der Waals surface area contributed by atoms with Gasteiger partial charge in [0, 0.05) is 18.7 Å². The van der Waals surface area contributed by atoms with Gasteiger partial charge in [-0.2, -0.15) is 0 Å². The first kappa shape index (κ1) is 17.6. The normalized spacial score (nSPS) is 24.8. The van der Waals surface area contributed by atoms with Crippen molar-refractivity contribution in [3.8, 4) is 0 Å². The second kappa shape index (κ2) is 6.51. The Morgan fingerprint density at radius 3 is 2.46 bits per heavy atom. The Balaban J connectivity index is 1.28. The predicted octanol–water partition coefficient (Wildman–Crippen LogP) is 2.63. The van der Waals surface area contributed by atoms with E-state index >= 15 is 0 Å². The van der Waals surface area contributed by atoms with Crippen LogP contribution in [0.1, 0.15) is 35.1 Å². The largest absolute Gasteiger partial charge is 0.334 e. The first-order valence-corrected chi connectivity index (χ1v) is 10.6. The summed E-state index contributed by atoms with van der Waals surface area (Å²) in [6.07, 6.45) is 6.16. The Kier molecular flexibility index (Phi) is 4.08. The van der Waals surface area contributed by atoms with Gasteiger partial charge in [0.15, 0.2) is 0 Å². The van der Waals surface area contributed by atoms with Gasteiger partial charge in [0.05, 0.1) is 33.1 Å². The summed E-state index contributed by atoms with van der Waals surface area (Å²) in [6, 6.07) is 5.41. The van der Waals surface area contributed by atoms with Crippen LogP contribution in [0, 0.1) is 11.8 Å². The van der Waals surface area contributed by atoms with Gasteiger partial charge in [-0.15, -0.1) is 11.3 Å². The average molecular weight is 395 g/mol. The molecule has 2 atom stereocenters. The fourth-order valence-corrected chi connectivity index (χ4v) is 5.36. The lowest BCUT2D eigenvalue weighted by Gasteiger charge is -2.43. The van der Waals surface area contributed by atoms with Crippen LogP contribution in [-0.2, 0) is 16.0 Å². The number of aryl methyl sites for hydroxylation is 1. The molecule has 2 saturated heterocycles. The average Bonchev–Trinajstić information content (AvgIpc) is 3.21. The van der Waals surface area contributed by atoms with Gasteiger partial charge in [-0.1, -0.05) is 19.1 Å². The zero-order valence-electron chi connectivity index (χ0n) is 15.6. The molecule has 144 valence electrons. The van der Waals surface area contributed by atoms with Crippen LogP contribution in [0.25, 0.3) is 10.2 Å². The number of hydrogen-bond acceptors (Lipinski definition) is 5. The van der Waals surface area contributed by atoms with Crippen LogP contribution in [0.4, 0.5) is 0 Å². The van der Waals surface area contributed by atoms with Crippen molar-refractivity contribution in [1.29, 1.82) is 0 Å². The molecule has 0 N–H and O–H groups in total. The lowest BCUT2D eigenvalue weighted by molar-refractivity contribution is -0.145. The van der Waals surface area contributed by atoms with Gasteiger partial charge in [-0.25, -0.2) is 4.98 Å². The lowest BCUT2D eigenvalue weighted by atomic mass is 9.85. The number of thiazole rings is 1. The molecule has 6 nitrogen and oxygen atoms in total. The number of hydrogen-bond donors (Lipinski definition) is 0. The number of amides is 3. The van der Waals surface area contributed by atoms with Gasteiger partial charge in [0.2, 0.25) is 11.8 Å². The van der Waals surface area contributed by atoms with Crippen LogP contribution in [0.5, 0.6) is 0 Å². The zero-order chi connectivity index (χ0) is 19.4. The first-order valence-electron chi connectivity index (χ1n) is 9.77. The minimum atomic E-state index is -0.205. The molecule has 5 rings (SSSR count). The summed E-state index contributed by atoms with van der Waals surface area (Å²) < 4.78 is 1.02. The number of fused-ring (bicyclic) bond motifs is 2. The molecule has 28 heavy (non-hydrogen) atoms. The maximum Gasteiger partial charge on any atom is 0.254 e. The number of aromatic nitrogens is 1. The lowest BCUT2D eigenvalue weighted by Crippen LogP contribution is -2.62. The van der Waals surface area contributed by atoms with Crippen molar-refractivity contribution in [2.45, 2.75) is 32.2 Å². The summed E-state index contributed by atoms with van der Waals surface area (Å²) in [7, 11) is 0. The number of benzene rings is 1. The number of likely N-dealkylation sites (tertiary alicyclic amines) is 2. The second-order valence-corrected chi connectivity index (χ2v) is 8.83. The summed E-state index contributed by atoms with van der Waals surface area (Å²) >= 11 is 1.61. The zero-order valence-corrected chi connectivity index (χ0v) is 16.4. The van der Waals surface area contributed by atoms with E-state index in [0.29, 0.717) is 31.5 Å². The van der Waals surface area contributed by atoms with Gasteiger partial charge in [-0.05, 0) is 37.5 Å². The molecule has 0 spiro atoms. The van der Waals surface area contributed by atoms with Gasteiger partial charge in [0.1, 0.15) is 0 Å². The highest BCUT2D eigenvalue weighted by Crippen LogP contribution is 2.37. The van der Waals surface area contributed by atoms with Crippen molar-refractivity contribution in [2.24, 2.45) is 11.8 Å². The van der Waals surface area contributed by atoms with Crippen molar-refractivity contribution in [1.82, 2.24) is 14.8 Å². The highest BCUT2D eigenvalue weighted by Gasteiger charge is 2.52. The molecule has 3 aliphatic rings. The monoisotopic (exact) mass is 395 g/mol. The van der Waals surface area contributed by atoms with E-state index in [1.165, 1.54) is 4.90 Å². The molecule has 0 radical (unpaired) electrons. The Morgan fingerprint density at radius 1 is 1.14 bits per heavy atom. The van der Waals surface area contributed by atoms with E-state index in [1.807, 2.05) is 30.4 Å². The van der Waals surface area contributed by atoms with Gasteiger partial charge >= 0.3 is 0 Å². The van der Waals surface area contributed by atoms with E-state index in [1.54, 1.807) is 16.2 Å². The minimum absolute atomic E-state index is 0.0530. The van der Waals surface area contributed by atoms with Crippen LogP contribution < -0.4 is 0 Å². The molecule has 3 heterocycles. The Bertz CT molecular complexity index is 995. The molecule has 1 aromatic carbocycles. The molecule has 0 bridgehead atoms.